The van der Waals surface area contributed by atoms with Crippen molar-refractivity contribution in [3.63, 3.8) is 0 Å². The number of carbonyl (C=O) groups is 2. The zero-order chi connectivity index (χ0) is 13.3. The average molecular weight is 258 g/mol. The molecule has 0 aliphatic carbocycles. The van der Waals surface area contributed by atoms with E-state index in [1.807, 2.05) is 5.32 Å². The summed E-state index contributed by atoms with van der Waals surface area (Å²) in [4.78, 5) is 22.3. The van der Waals surface area contributed by atoms with Crippen LogP contribution in [0.3, 0.4) is 0 Å². The summed E-state index contributed by atoms with van der Waals surface area (Å²) in [5.41, 5.74) is 0.662. The molecule has 2 amide bonds. The Bertz CT molecular complexity index is 499. The zero-order valence-corrected chi connectivity index (χ0v) is 9.04. The van der Waals surface area contributed by atoms with Crippen LogP contribution in [0.2, 0.25) is 0 Å². The number of fused-ring (bicyclic) bond motifs is 1. The highest BCUT2D eigenvalue weighted by molar-refractivity contribution is 5.97. The normalized spacial score (nSPS) is 18.8. The van der Waals surface area contributed by atoms with E-state index < -0.39 is 18.1 Å². The van der Waals surface area contributed by atoms with Gasteiger partial charge in [0.15, 0.2) is 0 Å². The Morgan fingerprint density at radius 1 is 1.33 bits per heavy atom. The molecule has 1 unspecified atom stereocenters. The Hall–Kier alpha value is -2.05. The van der Waals surface area contributed by atoms with E-state index in [0.29, 0.717) is 5.56 Å². The maximum absolute atomic E-state index is 12.2. The van der Waals surface area contributed by atoms with Gasteiger partial charge in [-0.05, 0) is 11.6 Å². The highest BCUT2D eigenvalue weighted by Gasteiger charge is 2.40. The molecule has 1 atom stereocenters. The van der Waals surface area contributed by atoms with Gasteiger partial charge < -0.3 is 10.6 Å². The highest BCUT2D eigenvalue weighted by atomic mass is 19.4. The molecular formula is C11H9F3N2O2. The molecule has 1 heterocycles. The molecule has 96 valence electrons. The van der Waals surface area contributed by atoms with Crippen molar-refractivity contribution in [3.05, 3.63) is 35.4 Å². The Morgan fingerprint density at radius 2 is 2.00 bits per heavy atom. The van der Waals surface area contributed by atoms with Crippen molar-refractivity contribution in [1.82, 2.24) is 10.6 Å². The summed E-state index contributed by atoms with van der Waals surface area (Å²) in [6.45, 7) is -0.0579. The van der Waals surface area contributed by atoms with E-state index in [4.69, 9.17) is 0 Å². The van der Waals surface area contributed by atoms with Crippen molar-refractivity contribution >= 4 is 11.8 Å². The lowest BCUT2D eigenvalue weighted by Gasteiger charge is -2.26. The largest absolute Gasteiger partial charge is 0.471 e. The Labute approximate surface area is 100 Å². The van der Waals surface area contributed by atoms with Crippen LogP contribution in [-0.4, -0.2) is 24.5 Å². The van der Waals surface area contributed by atoms with Crippen LogP contribution in [0.15, 0.2) is 24.3 Å². The molecular weight excluding hydrogens is 249 g/mol. The minimum absolute atomic E-state index is 0.0579. The molecule has 0 fully saturated rings. The molecule has 0 aromatic heterocycles. The van der Waals surface area contributed by atoms with E-state index in [2.05, 4.69) is 5.32 Å². The van der Waals surface area contributed by atoms with Crippen molar-refractivity contribution in [1.29, 1.82) is 0 Å². The highest BCUT2D eigenvalue weighted by Crippen LogP contribution is 2.23. The molecule has 0 spiro atoms. The van der Waals surface area contributed by atoms with E-state index in [0.717, 1.165) is 0 Å². The van der Waals surface area contributed by atoms with Gasteiger partial charge >= 0.3 is 12.1 Å². The number of halogens is 3. The molecule has 4 nitrogen and oxygen atoms in total. The number of hydrogen-bond donors (Lipinski definition) is 2. The van der Waals surface area contributed by atoms with Crippen LogP contribution in [-0.2, 0) is 4.79 Å². The number of rotatable bonds is 1. The third kappa shape index (κ3) is 2.29. The van der Waals surface area contributed by atoms with Crippen molar-refractivity contribution in [2.45, 2.75) is 12.2 Å². The first-order chi connectivity index (χ1) is 8.39. The van der Waals surface area contributed by atoms with Gasteiger partial charge in [-0.25, -0.2) is 0 Å². The lowest BCUT2D eigenvalue weighted by atomic mass is 9.96. The van der Waals surface area contributed by atoms with Crippen LogP contribution in [0.4, 0.5) is 13.2 Å². The van der Waals surface area contributed by atoms with Gasteiger partial charge in [0.05, 0.1) is 6.04 Å². The number of amides is 2. The van der Waals surface area contributed by atoms with E-state index >= 15 is 0 Å². The minimum atomic E-state index is -4.93. The summed E-state index contributed by atoms with van der Waals surface area (Å²) < 4.78 is 36.5. The topological polar surface area (TPSA) is 58.2 Å². The summed E-state index contributed by atoms with van der Waals surface area (Å²) in [7, 11) is 0. The molecule has 1 aliphatic rings. The molecule has 0 bridgehead atoms. The molecule has 2 N–H and O–H groups in total. The molecule has 0 saturated carbocycles. The first-order valence-corrected chi connectivity index (χ1v) is 5.14. The molecule has 1 aliphatic heterocycles. The monoisotopic (exact) mass is 258 g/mol. The zero-order valence-electron chi connectivity index (χ0n) is 9.04. The summed E-state index contributed by atoms with van der Waals surface area (Å²) in [5.74, 6) is -2.37. The van der Waals surface area contributed by atoms with Crippen LogP contribution in [0, 0.1) is 0 Å². The molecule has 2 rings (SSSR count). The van der Waals surface area contributed by atoms with E-state index in [9.17, 15) is 22.8 Å². The Kier molecular flexibility index (Phi) is 2.98. The summed E-state index contributed by atoms with van der Waals surface area (Å²) in [6.07, 6.45) is -4.93. The molecule has 1 aromatic rings. The summed E-state index contributed by atoms with van der Waals surface area (Å²) in [5, 5.41) is 4.28. The fraction of sp³-hybridized carbons (Fsp3) is 0.273. The fourth-order valence-electron chi connectivity index (χ4n) is 1.78. The Morgan fingerprint density at radius 3 is 2.67 bits per heavy atom. The molecule has 7 heteroatoms. The quantitative estimate of drug-likeness (QED) is 0.793. The van der Waals surface area contributed by atoms with Gasteiger partial charge in [-0.2, -0.15) is 13.2 Å². The maximum Gasteiger partial charge on any atom is 0.471 e. The standard InChI is InChI=1S/C11H9F3N2O2/c12-11(13,14)10(18)16-8-5-15-9(17)7-4-2-1-3-6(7)8/h1-4,8H,5H2,(H,15,17)(H,16,18). The molecule has 18 heavy (non-hydrogen) atoms. The predicted molar refractivity (Wildman–Crippen MR) is 55.7 cm³/mol. The van der Waals surface area contributed by atoms with E-state index in [-0.39, 0.29) is 18.0 Å². The second-order valence-electron chi connectivity index (χ2n) is 3.82. The van der Waals surface area contributed by atoms with Crippen molar-refractivity contribution in [2.24, 2.45) is 0 Å². The Balaban J connectivity index is 2.25. The lowest BCUT2D eigenvalue weighted by molar-refractivity contribution is -0.174. The van der Waals surface area contributed by atoms with Gasteiger partial charge in [-0.15, -0.1) is 0 Å². The summed E-state index contributed by atoms with van der Waals surface area (Å²) in [6, 6.07) is 5.36. The van der Waals surface area contributed by atoms with Gasteiger partial charge in [-0.3, -0.25) is 9.59 Å². The third-order valence-electron chi connectivity index (χ3n) is 2.61. The van der Waals surface area contributed by atoms with Crippen LogP contribution in [0.5, 0.6) is 0 Å². The number of benzene rings is 1. The second-order valence-corrected chi connectivity index (χ2v) is 3.82. The van der Waals surface area contributed by atoms with Gasteiger partial charge in [0.25, 0.3) is 5.91 Å². The van der Waals surface area contributed by atoms with Crippen molar-refractivity contribution in [3.8, 4) is 0 Å². The third-order valence-corrected chi connectivity index (χ3v) is 2.61. The van der Waals surface area contributed by atoms with Crippen LogP contribution >= 0.6 is 0 Å². The smallest absolute Gasteiger partial charge is 0.350 e. The van der Waals surface area contributed by atoms with Crippen LogP contribution in [0.25, 0.3) is 0 Å². The van der Waals surface area contributed by atoms with Crippen molar-refractivity contribution < 1.29 is 22.8 Å². The van der Waals surface area contributed by atoms with Crippen LogP contribution in [0.1, 0.15) is 22.0 Å². The van der Waals surface area contributed by atoms with Gasteiger partial charge in [0.2, 0.25) is 0 Å². The second kappa shape index (κ2) is 4.32. The number of nitrogens with one attached hydrogen (secondary N) is 2. The SMILES string of the molecule is O=C1NCC(NC(=O)C(F)(F)F)c2ccccc21. The van der Waals surface area contributed by atoms with Gasteiger partial charge in [0, 0.05) is 12.1 Å². The lowest BCUT2D eigenvalue weighted by Crippen LogP contribution is -2.46. The average Bonchev–Trinajstić information content (AvgIpc) is 2.32. The fourth-order valence-corrected chi connectivity index (χ4v) is 1.78. The minimum Gasteiger partial charge on any atom is -0.350 e. The number of carbonyl (C=O) groups excluding carboxylic acids is 2. The maximum atomic E-state index is 12.2. The van der Waals surface area contributed by atoms with Gasteiger partial charge in [0.1, 0.15) is 0 Å². The van der Waals surface area contributed by atoms with E-state index in [1.54, 1.807) is 12.1 Å². The van der Waals surface area contributed by atoms with Gasteiger partial charge in [-0.1, -0.05) is 18.2 Å². The first kappa shape index (κ1) is 12.4. The summed E-state index contributed by atoms with van der Waals surface area (Å²) >= 11 is 0. The van der Waals surface area contributed by atoms with Crippen LogP contribution < -0.4 is 10.6 Å². The van der Waals surface area contributed by atoms with E-state index in [1.165, 1.54) is 12.1 Å². The molecule has 1 aromatic carbocycles. The number of alkyl halides is 3. The number of hydrogen-bond acceptors (Lipinski definition) is 2. The molecule has 0 radical (unpaired) electrons. The molecule has 0 saturated heterocycles. The van der Waals surface area contributed by atoms with Crippen molar-refractivity contribution in [2.75, 3.05) is 6.54 Å². The predicted octanol–water partition coefficient (Wildman–Crippen LogP) is 1.15. The first-order valence-electron chi connectivity index (χ1n) is 5.14.